The summed E-state index contributed by atoms with van der Waals surface area (Å²) in [7, 11) is 1.48. The zero-order valence-electron chi connectivity index (χ0n) is 7.33. The summed E-state index contributed by atoms with van der Waals surface area (Å²) in [4.78, 5) is 0. The number of aliphatic hydroxyl groups excluding tert-OH is 1. The van der Waals surface area contributed by atoms with Gasteiger partial charge in [0.05, 0.1) is 19.3 Å². The van der Waals surface area contributed by atoms with Crippen LogP contribution < -0.4 is 4.74 Å². The van der Waals surface area contributed by atoms with Gasteiger partial charge in [-0.25, -0.2) is 4.39 Å². The van der Waals surface area contributed by atoms with Crippen LogP contribution in [0.25, 0.3) is 6.08 Å². The molecular formula is C10H11FO2. The Morgan fingerprint density at radius 2 is 2.31 bits per heavy atom. The van der Waals surface area contributed by atoms with Gasteiger partial charge in [-0.2, -0.15) is 0 Å². The average Bonchev–Trinajstić information content (AvgIpc) is 2.15. The molecule has 0 spiro atoms. The van der Waals surface area contributed by atoms with Gasteiger partial charge in [0.15, 0.2) is 0 Å². The van der Waals surface area contributed by atoms with Crippen LogP contribution in [0.4, 0.5) is 4.39 Å². The smallest absolute Gasteiger partial charge is 0.134 e. The number of hydrogen-bond acceptors (Lipinski definition) is 2. The molecule has 1 N–H and O–H groups in total. The van der Waals surface area contributed by atoms with Crippen LogP contribution in [0.5, 0.6) is 5.75 Å². The van der Waals surface area contributed by atoms with Gasteiger partial charge in [0, 0.05) is 0 Å². The Kier molecular flexibility index (Phi) is 3.46. The molecule has 0 aromatic heterocycles. The molecule has 0 amide bonds. The highest BCUT2D eigenvalue weighted by Gasteiger charge is 2.04. The summed E-state index contributed by atoms with van der Waals surface area (Å²) in [5.41, 5.74) is 0.360. The van der Waals surface area contributed by atoms with Gasteiger partial charge in [-0.15, -0.1) is 0 Å². The van der Waals surface area contributed by atoms with Gasteiger partial charge in [-0.1, -0.05) is 18.2 Å². The summed E-state index contributed by atoms with van der Waals surface area (Å²) in [5.74, 6) is 0.105. The van der Waals surface area contributed by atoms with E-state index in [1.165, 1.54) is 25.3 Å². The number of aliphatic hydroxyl groups is 1. The van der Waals surface area contributed by atoms with E-state index in [2.05, 4.69) is 0 Å². The highest BCUT2D eigenvalue weighted by molar-refractivity contribution is 5.57. The summed E-state index contributed by atoms with van der Waals surface area (Å²) in [6.45, 7) is -0.114. The molecule has 1 rings (SSSR count). The van der Waals surface area contributed by atoms with E-state index in [1.807, 2.05) is 0 Å². The van der Waals surface area contributed by atoms with Crippen LogP contribution >= 0.6 is 0 Å². The number of rotatable bonds is 3. The van der Waals surface area contributed by atoms with Gasteiger partial charge in [0.25, 0.3) is 0 Å². The molecule has 0 heterocycles. The third-order valence-electron chi connectivity index (χ3n) is 1.62. The van der Waals surface area contributed by atoms with Crippen LogP contribution in [0.1, 0.15) is 5.56 Å². The van der Waals surface area contributed by atoms with E-state index in [-0.39, 0.29) is 12.4 Å². The van der Waals surface area contributed by atoms with Gasteiger partial charge in [-0.05, 0) is 12.1 Å². The molecule has 0 aliphatic rings. The Hall–Kier alpha value is -1.35. The van der Waals surface area contributed by atoms with E-state index < -0.39 is 0 Å². The Labute approximate surface area is 76.3 Å². The lowest BCUT2D eigenvalue weighted by Gasteiger charge is -2.04. The number of benzene rings is 1. The first-order valence-electron chi connectivity index (χ1n) is 3.89. The van der Waals surface area contributed by atoms with Crippen LogP contribution in [0.15, 0.2) is 24.3 Å². The lowest BCUT2D eigenvalue weighted by molar-refractivity contribution is 0.343. The molecule has 0 unspecified atom stereocenters. The first-order chi connectivity index (χ1) is 6.29. The standard InChI is InChI=1S/C10H11FO2/c1-13-10-6-2-5-9(11)8(10)4-3-7-12/h2-6,12H,7H2,1H3/b4-3+. The Bertz CT molecular complexity index is 308. The fourth-order valence-electron chi connectivity index (χ4n) is 1.03. The Balaban J connectivity index is 3.07. The number of methoxy groups -OCH3 is 1. The van der Waals surface area contributed by atoms with E-state index in [0.717, 1.165) is 0 Å². The normalized spacial score (nSPS) is 10.7. The zero-order valence-corrected chi connectivity index (χ0v) is 7.33. The van der Waals surface area contributed by atoms with Crippen molar-refractivity contribution in [2.75, 3.05) is 13.7 Å². The molecule has 0 aliphatic carbocycles. The summed E-state index contributed by atoms with van der Waals surface area (Å²) in [6.07, 6.45) is 2.95. The summed E-state index contributed by atoms with van der Waals surface area (Å²) >= 11 is 0. The van der Waals surface area contributed by atoms with Gasteiger partial charge in [0.2, 0.25) is 0 Å². The fourth-order valence-corrected chi connectivity index (χ4v) is 1.03. The van der Waals surface area contributed by atoms with Crippen molar-refractivity contribution in [1.29, 1.82) is 0 Å². The van der Waals surface area contributed by atoms with Crippen LogP contribution in [0.2, 0.25) is 0 Å². The second kappa shape index (κ2) is 4.62. The number of ether oxygens (including phenoxy) is 1. The second-order valence-corrected chi connectivity index (χ2v) is 2.44. The van der Waals surface area contributed by atoms with Crippen molar-refractivity contribution in [2.45, 2.75) is 0 Å². The van der Waals surface area contributed by atoms with Crippen molar-refractivity contribution in [3.63, 3.8) is 0 Å². The molecule has 70 valence electrons. The van der Waals surface area contributed by atoms with E-state index >= 15 is 0 Å². The average molecular weight is 182 g/mol. The predicted molar refractivity (Wildman–Crippen MR) is 49.1 cm³/mol. The minimum absolute atomic E-state index is 0.114. The first kappa shape index (κ1) is 9.74. The minimum Gasteiger partial charge on any atom is -0.496 e. The topological polar surface area (TPSA) is 29.5 Å². The van der Waals surface area contributed by atoms with Crippen molar-refractivity contribution < 1.29 is 14.2 Å². The summed E-state index contributed by atoms with van der Waals surface area (Å²) in [5, 5.41) is 8.53. The van der Waals surface area contributed by atoms with Crippen LogP contribution in [-0.4, -0.2) is 18.8 Å². The first-order valence-corrected chi connectivity index (χ1v) is 3.89. The number of halogens is 1. The zero-order chi connectivity index (χ0) is 9.68. The molecule has 0 atom stereocenters. The fraction of sp³-hybridized carbons (Fsp3) is 0.200. The molecule has 2 nitrogen and oxygen atoms in total. The molecule has 0 saturated heterocycles. The highest BCUT2D eigenvalue weighted by Crippen LogP contribution is 2.22. The lowest BCUT2D eigenvalue weighted by atomic mass is 10.2. The van der Waals surface area contributed by atoms with Crippen molar-refractivity contribution in [3.05, 3.63) is 35.7 Å². The van der Waals surface area contributed by atoms with Crippen molar-refractivity contribution in [1.82, 2.24) is 0 Å². The highest BCUT2D eigenvalue weighted by atomic mass is 19.1. The SMILES string of the molecule is COc1cccc(F)c1/C=C/CO. The molecule has 1 aromatic carbocycles. The largest absolute Gasteiger partial charge is 0.496 e. The maximum Gasteiger partial charge on any atom is 0.134 e. The molecule has 0 radical (unpaired) electrons. The monoisotopic (exact) mass is 182 g/mol. The third kappa shape index (κ3) is 2.29. The predicted octanol–water partition coefficient (Wildman–Crippen LogP) is 1.84. The van der Waals surface area contributed by atoms with Gasteiger partial charge in [0.1, 0.15) is 11.6 Å². The van der Waals surface area contributed by atoms with Gasteiger partial charge < -0.3 is 9.84 Å². The maximum atomic E-state index is 13.1. The van der Waals surface area contributed by atoms with Crippen molar-refractivity contribution >= 4 is 6.08 Å². The Morgan fingerprint density at radius 3 is 2.92 bits per heavy atom. The van der Waals surface area contributed by atoms with Crippen LogP contribution in [0.3, 0.4) is 0 Å². The molecule has 13 heavy (non-hydrogen) atoms. The molecule has 0 saturated carbocycles. The second-order valence-electron chi connectivity index (χ2n) is 2.44. The third-order valence-corrected chi connectivity index (χ3v) is 1.62. The van der Waals surface area contributed by atoms with Crippen molar-refractivity contribution in [3.8, 4) is 5.75 Å². The van der Waals surface area contributed by atoms with E-state index in [9.17, 15) is 4.39 Å². The quantitative estimate of drug-likeness (QED) is 0.772. The molecule has 1 aromatic rings. The Morgan fingerprint density at radius 1 is 1.54 bits per heavy atom. The van der Waals surface area contributed by atoms with Gasteiger partial charge in [-0.3, -0.25) is 0 Å². The molecule has 3 heteroatoms. The number of hydrogen-bond donors (Lipinski definition) is 1. The molecule has 0 fully saturated rings. The van der Waals surface area contributed by atoms with Crippen LogP contribution in [-0.2, 0) is 0 Å². The molecule has 0 bridgehead atoms. The van der Waals surface area contributed by atoms with Crippen LogP contribution in [0, 0.1) is 5.82 Å². The molecular weight excluding hydrogens is 171 g/mol. The summed E-state index contributed by atoms with van der Waals surface area (Å²) < 4.78 is 18.1. The lowest BCUT2D eigenvalue weighted by Crippen LogP contribution is -1.90. The minimum atomic E-state index is -0.357. The van der Waals surface area contributed by atoms with E-state index in [0.29, 0.717) is 11.3 Å². The van der Waals surface area contributed by atoms with E-state index in [4.69, 9.17) is 9.84 Å². The molecule has 0 aliphatic heterocycles. The maximum absolute atomic E-state index is 13.1. The van der Waals surface area contributed by atoms with Gasteiger partial charge >= 0.3 is 0 Å². The summed E-state index contributed by atoms with van der Waals surface area (Å²) in [6, 6.07) is 4.59. The van der Waals surface area contributed by atoms with E-state index in [1.54, 1.807) is 12.1 Å². The van der Waals surface area contributed by atoms with Crippen molar-refractivity contribution in [2.24, 2.45) is 0 Å².